The third-order valence-electron chi connectivity index (χ3n) is 3.69. The van der Waals surface area contributed by atoms with Gasteiger partial charge in [-0.1, -0.05) is 0 Å². The van der Waals surface area contributed by atoms with Crippen molar-refractivity contribution >= 4 is 47.3 Å². The fourth-order valence-electron chi connectivity index (χ4n) is 2.23. The first kappa shape index (κ1) is 28.7. The van der Waals surface area contributed by atoms with Crippen LogP contribution in [0.5, 0.6) is 0 Å². The summed E-state index contributed by atoms with van der Waals surface area (Å²) in [6.45, 7) is -1.56. The molecule has 0 spiro atoms. The molecule has 0 saturated heterocycles. The van der Waals surface area contributed by atoms with Gasteiger partial charge in [0.15, 0.2) is 0 Å². The monoisotopic (exact) mass is 474 g/mol. The van der Waals surface area contributed by atoms with Gasteiger partial charge in [-0.3, -0.25) is 38.4 Å². The summed E-state index contributed by atoms with van der Waals surface area (Å²) in [5.41, 5.74) is 20.4. The minimum Gasteiger partial charge on any atom is -0.480 e. The SMILES string of the molecule is NC(=O)C[C@H](NC(=O)CNC(=O)[C@H](CC(N)=O)NC(=O)[C@@H](N)CC(N)=O)C(=O)NCC(=O)O. The summed E-state index contributed by atoms with van der Waals surface area (Å²) in [5.74, 6) is -8.26. The second-order valence-corrected chi connectivity index (χ2v) is 6.63. The van der Waals surface area contributed by atoms with E-state index >= 15 is 0 Å². The molecule has 0 aromatic carbocycles. The topological polar surface area (TPSA) is 309 Å². The molecular formula is C16H26N8O9. The molecule has 0 aliphatic carbocycles. The summed E-state index contributed by atoms with van der Waals surface area (Å²) in [5, 5.41) is 16.8. The largest absolute Gasteiger partial charge is 0.480 e. The zero-order chi connectivity index (χ0) is 25.7. The minimum atomic E-state index is -1.55. The molecule has 184 valence electrons. The van der Waals surface area contributed by atoms with Gasteiger partial charge in [-0.25, -0.2) is 0 Å². The van der Waals surface area contributed by atoms with Gasteiger partial charge in [0.05, 0.1) is 31.8 Å². The van der Waals surface area contributed by atoms with Crippen LogP contribution in [0.1, 0.15) is 19.3 Å². The van der Waals surface area contributed by atoms with Crippen LogP contribution in [0, 0.1) is 0 Å². The summed E-state index contributed by atoms with van der Waals surface area (Å²) in [6.07, 6.45) is -1.88. The molecule has 33 heavy (non-hydrogen) atoms. The van der Waals surface area contributed by atoms with Gasteiger partial charge < -0.3 is 49.3 Å². The van der Waals surface area contributed by atoms with E-state index in [1.54, 1.807) is 0 Å². The zero-order valence-corrected chi connectivity index (χ0v) is 17.3. The van der Waals surface area contributed by atoms with Gasteiger partial charge in [0.25, 0.3) is 0 Å². The van der Waals surface area contributed by atoms with Gasteiger partial charge in [0, 0.05) is 0 Å². The Balaban J connectivity index is 5.03. The van der Waals surface area contributed by atoms with Crippen molar-refractivity contribution < 1.29 is 43.5 Å². The number of primary amides is 3. The van der Waals surface area contributed by atoms with Crippen molar-refractivity contribution in [3.05, 3.63) is 0 Å². The van der Waals surface area contributed by atoms with Gasteiger partial charge in [0.1, 0.15) is 18.6 Å². The second kappa shape index (κ2) is 13.9. The van der Waals surface area contributed by atoms with Gasteiger partial charge >= 0.3 is 5.97 Å². The van der Waals surface area contributed by atoms with E-state index in [4.69, 9.17) is 28.0 Å². The van der Waals surface area contributed by atoms with Crippen LogP contribution in [0.2, 0.25) is 0 Å². The summed E-state index contributed by atoms with van der Waals surface area (Å²) in [6, 6.07) is -4.49. The molecule has 0 unspecified atom stereocenters. The molecule has 0 aliphatic rings. The molecule has 7 amide bonds. The molecule has 17 heteroatoms. The number of amides is 7. The number of aliphatic carboxylic acids is 1. The molecule has 0 radical (unpaired) electrons. The number of carboxylic acid groups (broad SMARTS) is 1. The van der Waals surface area contributed by atoms with Gasteiger partial charge in [-0.05, 0) is 0 Å². The second-order valence-electron chi connectivity index (χ2n) is 6.63. The third kappa shape index (κ3) is 12.9. The van der Waals surface area contributed by atoms with E-state index in [0.717, 1.165) is 0 Å². The third-order valence-corrected chi connectivity index (χ3v) is 3.69. The number of nitrogens with one attached hydrogen (secondary N) is 4. The predicted octanol–water partition coefficient (Wildman–Crippen LogP) is -6.77. The maximum atomic E-state index is 12.3. The van der Waals surface area contributed by atoms with Crippen LogP contribution < -0.4 is 44.2 Å². The standard InChI is InChI=1S/C16H26N8O9/c17-6(1-9(18)25)14(31)24-8(3-11(20)27)16(33)21-4-12(28)23-7(2-10(19)26)15(32)22-5-13(29)30/h6-8H,1-5,17H2,(H2,18,25)(H2,19,26)(H2,20,27)(H,21,33)(H,22,32)(H,23,28)(H,24,31)(H,29,30)/t6-,7-,8-/m0/s1. The van der Waals surface area contributed by atoms with Crippen LogP contribution in [0.3, 0.4) is 0 Å². The quantitative estimate of drug-likeness (QED) is 0.108. The highest BCUT2D eigenvalue weighted by Gasteiger charge is 2.27. The summed E-state index contributed by atoms with van der Waals surface area (Å²) in [4.78, 5) is 91.9. The Kier molecular flexibility index (Phi) is 12.1. The van der Waals surface area contributed by atoms with Gasteiger partial charge in [-0.2, -0.15) is 0 Å². The lowest BCUT2D eigenvalue weighted by molar-refractivity contribution is -0.138. The zero-order valence-electron chi connectivity index (χ0n) is 17.3. The van der Waals surface area contributed by atoms with Crippen molar-refractivity contribution in [2.24, 2.45) is 22.9 Å². The summed E-state index contributed by atoms with van der Waals surface area (Å²) < 4.78 is 0. The van der Waals surface area contributed by atoms with Crippen LogP contribution in [0.4, 0.5) is 0 Å². The number of carbonyl (C=O) groups is 8. The molecule has 0 aromatic rings. The minimum absolute atomic E-state index is 0.537. The highest BCUT2D eigenvalue weighted by molar-refractivity contribution is 5.97. The highest BCUT2D eigenvalue weighted by Crippen LogP contribution is 1.96. The molecular weight excluding hydrogens is 448 g/mol. The fraction of sp³-hybridized carbons (Fsp3) is 0.500. The molecule has 0 fully saturated rings. The molecule has 17 nitrogen and oxygen atoms in total. The van der Waals surface area contributed by atoms with Crippen LogP contribution in [0.15, 0.2) is 0 Å². The molecule has 0 rings (SSSR count). The van der Waals surface area contributed by atoms with Crippen molar-refractivity contribution in [3.63, 3.8) is 0 Å². The van der Waals surface area contributed by atoms with E-state index in [0.29, 0.717) is 0 Å². The number of nitrogens with two attached hydrogens (primary N) is 4. The maximum absolute atomic E-state index is 12.3. The number of rotatable bonds is 15. The maximum Gasteiger partial charge on any atom is 0.322 e. The molecule has 0 saturated carbocycles. The Morgan fingerprint density at radius 3 is 1.48 bits per heavy atom. The first-order chi connectivity index (χ1) is 15.2. The number of hydrogen-bond acceptors (Lipinski definition) is 9. The highest BCUT2D eigenvalue weighted by atomic mass is 16.4. The van der Waals surface area contributed by atoms with Crippen molar-refractivity contribution in [1.82, 2.24) is 21.3 Å². The van der Waals surface area contributed by atoms with Crippen molar-refractivity contribution in [1.29, 1.82) is 0 Å². The Morgan fingerprint density at radius 1 is 0.636 bits per heavy atom. The molecule has 0 aromatic heterocycles. The predicted molar refractivity (Wildman–Crippen MR) is 107 cm³/mol. The normalized spacial score (nSPS) is 12.9. The Hall–Kier alpha value is -4.28. The molecule has 3 atom stereocenters. The Morgan fingerprint density at radius 2 is 1.06 bits per heavy atom. The Bertz CT molecular complexity index is 816. The van der Waals surface area contributed by atoms with Gasteiger partial charge in [-0.15, -0.1) is 0 Å². The van der Waals surface area contributed by atoms with E-state index < -0.39 is 97.8 Å². The van der Waals surface area contributed by atoms with Crippen molar-refractivity contribution in [2.75, 3.05) is 13.1 Å². The first-order valence-electron chi connectivity index (χ1n) is 9.20. The molecule has 13 N–H and O–H groups in total. The average molecular weight is 474 g/mol. The first-order valence-corrected chi connectivity index (χ1v) is 9.20. The van der Waals surface area contributed by atoms with Crippen LogP contribution in [0.25, 0.3) is 0 Å². The number of hydrogen-bond donors (Lipinski definition) is 9. The summed E-state index contributed by atoms with van der Waals surface area (Å²) >= 11 is 0. The van der Waals surface area contributed by atoms with E-state index in [1.165, 1.54) is 0 Å². The lowest BCUT2D eigenvalue weighted by atomic mass is 10.1. The molecule has 0 heterocycles. The van der Waals surface area contributed by atoms with E-state index in [-0.39, 0.29) is 0 Å². The Labute approximate surface area is 186 Å². The smallest absolute Gasteiger partial charge is 0.322 e. The fourth-order valence-corrected chi connectivity index (χ4v) is 2.23. The van der Waals surface area contributed by atoms with Gasteiger partial charge in [0.2, 0.25) is 41.4 Å². The molecule has 0 bridgehead atoms. The lowest BCUT2D eigenvalue weighted by Gasteiger charge is -2.20. The number of carboxylic acids is 1. The molecule has 0 aliphatic heterocycles. The van der Waals surface area contributed by atoms with Crippen LogP contribution in [-0.4, -0.2) is 83.6 Å². The number of carbonyl (C=O) groups excluding carboxylic acids is 7. The summed E-state index contributed by atoms with van der Waals surface area (Å²) in [7, 11) is 0. The van der Waals surface area contributed by atoms with E-state index in [1.807, 2.05) is 5.32 Å². The average Bonchev–Trinajstić information content (AvgIpc) is 2.67. The van der Waals surface area contributed by atoms with E-state index in [9.17, 15) is 38.4 Å². The van der Waals surface area contributed by atoms with E-state index in [2.05, 4.69) is 16.0 Å². The van der Waals surface area contributed by atoms with Crippen LogP contribution >= 0.6 is 0 Å². The van der Waals surface area contributed by atoms with Crippen molar-refractivity contribution in [3.8, 4) is 0 Å². The van der Waals surface area contributed by atoms with Crippen LogP contribution in [-0.2, 0) is 38.4 Å². The van der Waals surface area contributed by atoms with Crippen molar-refractivity contribution in [2.45, 2.75) is 37.4 Å². The lowest BCUT2D eigenvalue weighted by Crippen LogP contribution is -2.55.